The van der Waals surface area contributed by atoms with E-state index in [-0.39, 0.29) is 11.8 Å². The smallest absolute Gasteiger partial charge is 0.268 e. The fourth-order valence-corrected chi connectivity index (χ4v) is 6.34. The number of hydrogen-bond acceptors (Lipinski definition) is 6. The number of carbonyl (C=O) groups excluding carboxylic acids is 2. The van der Waals surface area contributed by atoms with Crippen LogP contribution in [0.3, 0.4) is 0 Å². The van der Waals surface area contributed by atoms with Gasteiger partial charge in [0, 0.05) is 8.95 Å². The monoisotopic (exact) mass is 570 g/mol. The fraction of sp³-hybridized carbons (Fsp3) is 0. The van der Waals surface area contributed by atoms with E-state index >= 15 is 0 Å². The van der Waals surface area contributed by atoms with E-state index in [1.807, 2.05) is 36.4 Å². The average molecular weight is 572 g/mol. The van der Waals surface area contributed by atoms with Crippen molar-refractivity contribution < 1.29 is 9.59 Å². The van der Waals surface area contributed by atoms with Crippen molar-refractivity contribution in [1.82, 2.24) is 0 Å². The Labute approximate surface area is 197 Å². The van der Waals surface area contributed by atoms with Crippen LogP contribution in [0, 0.1) is 0 Å². The van der Waals surface area contributed by atoms with E-state index in [2.05, 4.69) is 31.9 Å². The van der Waals surface area contributed by atoms with Gasteiger partial charge >= 0.3 is 0 Å². The number of rotatable bonds is 2. The maximum absolute atomic E-state index is 13.1. The summed E-state index contributed by atoms with van der Waals surface area (Å²) in [5, 5.41) is 0. The topological polar surface area (TPSA) is 40.6 Å². The largest absolute Gasteiger partial charge is 0.272 e. The molecule has 2 aliphatic heterocycles. The van der Waals surface area contributed by atoms with Crippen LogP contribution in [0.4, 0.5) is 11.4 Å². The lowest BCUT2D eigenvalue weighted by molar-refractivity contribution is -0.115. The average Bonchev–Trinajstić information content (AvgIpc) is 3.12. The van der Waals surface area contributed by atoms with Crippen LogP contribution in [0.1, 0.15) is 0 Å². The lowest BCUT2D eigenvalue weighted by atomic mass is 10.2. The first-order valence-corrected chi connectivity index (χ1v) is 11.8. The van der Waals surface area contributed by atoms with Crippen molar-refractivity contribution in [2.45, 2.75) is 0 Å². The Bertz CT molecular complexity index is 1020. The quantitative estimate of drug-likeness (QED) is 0.332. The molecule has 2 aromatic rings. The summed E-state index contributed by atoms with van der Waals surface area (Å²) in [4.78, 5) is 29.7. The van der Waals surface area contributed by atoms with Gasteiger partial charge in [0.05, 0.1) is 21.2 Å². The Kier molecular flexibility index (Phi) is 5.78. The predicted molar refractivity (Wildman–Crippen MR) is 131 cm³/mol. The lowest BCUT2D eigenvalue weighted by Crippen LogP contribution is -2.30. The van der Waals surface area contributed by atoms with Crippen LogP contribution >= 0.6 is 79.8 Å². The lowest BCUT2D eigenvalue weighted by Gasteiger charge is -2.16. The van der Waals surface area contributed by atoms with Gasteiger partial charge in [-0.1, -0.05) is 72.2 Å². The molecule has 0 bridgehead atoms. The molecule has 2 aromatic carbocycles. The van der Waals surface area contributed by atoms with Gasteiger partial charge in [-0.3, -0.25) is 19.4 Å². The van der Waals surface area contributed by atoms with Gasteiger partial charge < -0.3 is 0 Å². The Morgan fingerprint density at radius 3 is 1.39 bits per heavy atom. The molecule has 0 saturated carbocycles. The van der Waals surface area contributed by atoms with Gasteiger partial charge in [0.15, 0.2) is 8.64 Å². The highest BCUT2D eigenvalue weighted by atomic mass is 79.9. The minimum atomic E-state index is -0.325. The number of anilines is 2. The van der Waals surface area contributed by atoms with Crippen molar-refractivity contribution in [2.24, 2.45) is 0 Å². The standard InChI is InChI=1S/C18H8Br2N2O2S4/c19-9-5-1-3-7-11(9)21-15(23)13(27-17(21)25)14-16(24)22(18(26)28-14)12-8-4-2-6-10(12)20/h1-8H. The number of thioether (sulfide) groups is 2. The van der Waals surface area contributed by atoms with Crippen molar-refractivity contribution in [3.8, 4) is 0 Å². The Morgan fingerprint density at radius 2 is 1.04 bits per heavy atom. The van der Waals surface area contributed by atoms with Gasteiger partial charge in [0.1, 0.15) is 0 Å². The number of carbonyl (C=O) groups is 2. The summed E-state index contributed by atoms with van der Waals surface area (Å²) in [5.41, 5.74) is 1.28. The summed E-state index contributed by atoms with van der Waals surface area (Å²) in [7, 11) is 0. The first-order chi connectivity index (χ1) is 13.4. The maximum atomic E-state index is 13.1. The predicted octanol–water partition coefficient (Wildman–Crippen LogP) is 5.85. The minimum absolute atomic E-state index is 0.299. The molecule has 2 saturated heterocycles. The van der Waals surface area contributed by atoms with Crippen molar-refractivity contribution in [1.29, 1.82) is 0 Å². The number of hydrogen-bond donors (Lipinski definition) is 0. The highest BCUT2D eigenvalue weighted by Crippen LogP contribution is 2.46. The molecule has 0 spiro atoms. The second kappa shape index (κ2) is 8.00. The van der Waals surface area contributed by atoms with Crippen LogP contribution in [0.25, 0.3) is 0 Å². The van der Waals surface area contributed by atoms with Gasteiger partial charge in [-0.2, -0.15) is 0 Å². The van der Waals surface area contributed by atoms with Gasteiger partial charge in [0.25, 0.3) is 11.8 Å². The van der Waals surface area contributed by atoms with Crippen LogP contribution in [0.2, 0.25) is 0 Å². The van der Waals surface area contributed by atoms with Gasteiger partial charge in [-0.15, -0.1) is 0 Å². The molecule has 10 heteroatoms. The van der Waals surface area contributed by atoms with E-state index in [1.54, 1.807) is 12.1 Å². The molecule has 0 radical (unpaired) electrons. The molecule has 4 rings (SSSR count). The summed E-state index contributed by atoms with van der Waals surface area (Å²) in [5.74, 6) is -0.649. The minimum Gasteiger partial charge on any atom is -0.268 e. The van der Waals surface area contributed by atoms with E-state index in [9.17, 15) is 9.59 Å². The SMILES string of the molecule is O=C1C(=C2SC(=S)N(c3ccccc3Br)C2=O)SC(=S)N1c1ccccc1Br. The summed E-state index contributed by atoms with van der Waals surface area (Å²) in [6, 6.07) is 14.6. The van der Waals surface area contributed by atoms with E-state index in [0.29, 0.717) is 29.8 Å². The molecule has 28 heavy (non-hydrogen) atoms. The zero-order valence-electron chi connectivity index (χ0n) is 13.7. The normalized spacial score (nSPS) is 19.9. The van der Waals surface area contributed by atoms with E-state index in [0.717, 1.165) is 32.5 Å². The van der Waals surface area contributed by atoms with Crippen molar-refractivity contribution in [2.75, 3.05) is 9.80 Å². The van der Waals surface area contributed by atoms with E-state index < -0.39 is 0 Å². The Balaban J connectivity index is 1.75. The van der Waals surface area contributed by atoms with Crippen molar-refractivity contribution in [3.63, 3.8) is 0 Å². The molecule has 0 aliphatic carbocycles. The van der Waals surface area contributed by atoms with Crippen molar-refractivity contribution >= 4 is 112 Å². The van der Waals surface area contributed by atoms with Crippen LogP contribution in [0.5, 0.6) is 0 Å². The molecule has 2 heterocycles. The van der Waals surface area contributed by atoms with Crippen LogP contribution in [0.15, 0.2) is 67.3 Å². The molecule has 140 valence electrons. The van der Waals surface area contributed by atoms with Gasteiger partial charge in [-0.25, -0.2) is 0 Å². The third-order valence-corrected chi connectivity index (χ3v) is 8.15. The van der Waals surface area contributed by atoms with Gasteiger partial charge in [0.2, 0.25) is 0 Å². The number of halogens is 2. The molecule has 0 aromatic heterocycles. The second-order valence-corrected chi connectivity index (χ2v) is 10.6. The Morgan fingerprint density at radius 1 is 0.679 bits per heavy atom. The molecule has 2 fully saturated rings. The summed E-state index contributed by atoms with van der Waals surface area (Å²) < 4.78 is 2.23. The number of nitrogens with zero attached hydrogens (tertiary/aromatic N) is 2. The summed E-state index contributed by atoms with van der Waals surface area (Å²) >= 11 is 20.0. The molecular formula is C18H8Br2N2O2S4. The van der Waals surface area contributed by atoms with Crippen LogP contribution in [-0.2, 0) is 9.59 Å². The zero-order valence-corrected chi connectivity index (χ0v) is 20.2. The summed E-state index contributed by atoms with van der Waals surface area (Å²) in [6.07, 6.45) is 0. The third-order valence-electron chi connectivity index (χ3n) is 3.93. The van der Waals surface area contributed by atoms with E-state index in [4.69, 9.17) is 24.4 Å². The second-order valence-electron chi connectivity index (χ2n) is 5.58. The zero-order chi connectivity index (χ0) is 20.0. The maximum Gasteiger partial charge on any atom is 0.272 e. The highest BCUT2D eigenvalue weighted by molar-refractivity contribution is 9.11. The molecule has 2 aliphatic rings. The molecule has 0 N–H and O–H groups in total. The molecule has 0 atom stereocenters. The Hall–Kier alpha value is -1.04. The number of thiocarbonyl (C=S) groups is 2. The first kappa shape index (κ1) is 20.2. The van der Waals surface area contributed by atoms with Crippen molar-refractivity contribution in [3.05, 3.63) is 67.3 Å². The highest BCUT2D eigenvalue weighted by Gasteiger charge is 2.43. The molecule has 4 nitrogen and oxygen atoms in total. The number of benzene rings is 2. The number of para-hydroxylation sites is 2. The van der Waals surface area contributed by atoms with E-state index in [1.165, 1.54) is 9.80 Å². The molecule has 2 amide bonds. The molecule has 0 unspecified atom stereocenters. The summed E-state index contributed by atoms with van der Waals surface area (Å²) in [6.45, 7) is 0. The van der Waals surface area contributed by atoms with Crippen LogP contribution < -0.4 is 9.80 Å². The molecular weight excluding hydrogens is 564 g/mol. The first-order valence-electron chi connectivity index (χ1n) is 7.76. The van der Waals surface area contributed by atoms with Gasteiger partial charge in [-0.05, 0) is 56.1 Å². The third kappa shape index (κ3) is 3.40. The number of amides is 2. The van der Waals surface area contributed by atoms with Crippen LogP contribution in [-0.4, -0.2) is 20.5 Å². The fourth-order valence-electron chi connectivity index (χ4n) is 2.69.